The molecule has 1 fully saturated rings. The molecule has 1 atom stereocenters. The van der Waals surface area contributed by atoms with E-state index in [4.69, 9.17) is 0 Å². The van der Waals surface area contributed by atoms with Gasteiger partial charge in [0.2, 0.25) is 11.8 Å². The number of hydrogen-bond acceptors (Lipinski definition) is 3. The van der Waals surface area contributed by atoms with Gasteiger partial charge in [-0.15, -0.1) is 0 Å². The SMILES string of the molecule is CN1C(=O)CC(NCCCF)C1=O. The fraction of sp³-hybridized carbons (Fsp3) is 0.750. The topological polar surface area (TPSA) is 49.4 Å². The first-order valence-electron chi connectivity index (χ1n) is 4.26. The lowest BCUT2D eigenvalue weighted by atomic mass is 10.2. The van der Waals surface area contributed by atoms with Crippen LogP contribution in [0, 0.1) is 0 Å². The quantitative estimate of drug-likeness (QED) is 0.486. The Balaban J connectivity index is 2.36. The van der Waals surface area contributed by atoms with E-state index < -0.39 is 12.7 Å². The molecule has 4 nitrogen and oxygen atoms in total. The second-order valence-corrected chi connectivity index (χ2v) is 3.04. The summed E-state index contributed by atoms with van der Waals surface area (Å²) in [6.07, 6.45) is 0.573. The Morgan fingerprint density at radius 2 is 2.31 bits per heavy atom. The predicted molar refractivity (Wildman–Crippen MR) is 44.8 cm³/mol. The third kappa shape index (κ3) is 2.24. The number of rotatable bonds is 4. The van der Waals surface area contributed by atoms with Crippen LogP contribution in [0.4, 0.5) is 4.39 Å². The van der Waals surface area contributed by atoms with Crippen LogP contribution < -0.4 is 5.32 Å². The van der Waals surface area contributed by atoms with Gasteiger partial charge in [0.1, 0.15) is 0 Å². The zero-order valence-corrected chi connectivity index (χ0v) is 7.55. The molecule has 0 aromatic rings. The molecule has 1 aliphatic heterocycles. The summed E-state index contributed by atoms with van der Waals surface area (Å²) in [6.45, 7) is 0.0335. The summed E-state index contributed by atoms with van der Waals surface area (Å²) in [5, 5.41) is 2.84. The first kappa shape index (κ1) is 10.1. The number of hydrogen-bond donors (Lipinski definition) is 1. The minimum absolute atomic E-state index is 0.178. The average Bonchev–Trinajstić information content (AvgIpc) is 2.34. The van der Waals surface area contributed by atoms with Crippen LogP contribution in [0.3, 0.4) is 0 Å². The standard InChI is InChI=1S/C8H13FN2O2/c1-11-7(12)5-6(8(11)13)10-4-2-3-9/h6,10H,2-5H2,1H3. The van der Waals surface area contributed by atoms with E-state index in [1.807, 2.05) is 0 Å². The largest absolute Gasteiger partial charge is 0.305 e. The lowest BCUT2D eigenvalue weighted by Gasteiger charge is -2.09. The molecule has 0 spiro atoms. The first-order valence-corrected chi connectivity index (χ1v) is 4.26. The molecule has 0 aliphatic carbocycles. The van der Waals surface area contributed by atoms with Crippen molar-refractivity contribution in [1.29, 1.82) is 0 Å². The molecule has 1 unspecified atom stereocenters. The molecule has 1 saturated heterocycles. The number of imide groups is 1. The summed E-state index contributed by atoms with van der Waals surface area (Å²) in [4.78, 5) is 23.4. The van der Waals surface area contributed by atoms with Crippen LogP contribution in [-0.4, -0.2) is 43.0 Å². The summed E-state index contributed by atoms with van der Waals surface area (Å²) in [6, 6.07) is -0.441. The Hall–Kier alpha value is -0.970. The Morgan fingerprint density at radius 3 is 2.77 bits per heavy atom. The number of carbonyl (C=O) groups excluding carboxylic acids is 2. The number of amides is 2. The number of halogens is 1. The summed E-state index contributed by atoms with van der Waals surface area (Å²) in [5.41, 5.74) is 0. The zero-order valence-electron chi connectivity index (χ0n) is 7.55. The van der Waals surface area contributed by atoms with Crippen LogP contribution in [0.1, 0.15) is 12.8 Å². The van der Waals surface area contributed by atoms with E-state index in [0.29, 0.717) is 13.0 Å². The van der Waals surface area contributed by atoms with Gasteiger partial charge < -0.3 is 5.32 Å². The Morgan fingerprint density at radius 1 is 1.62 bits per heavy atom. The van der Waals surface area contributed by atoms with Crippen LogP contribution in [0.5, 0.6) is 0 Å². The molecular weight excluding hydrogens is 175 g/mol. The minimum Gasteiger partial charge on any atom is -0.305 e. The Labute approximate surface area is 76.1 Å². The Kier molecular flexibility index (Phi) is 3.36. The normalized spacial score (nSPS) is 22.9. The van der Waals surface area contributed by atoms with Crippen molar-refractivity contribution in [2.45, 2.75) is 18.9 Å². The molecule has 1 rings (SSSR count). The van der Waals surface area contributed by atoms with E-state index >= 15 is 0 Å². The van der Waals surface area contributed by atoms with Crippen molar-refractivity contribution in [3.8, 4) is 0 Å². The second kappa shape index (κ2) is 4.32. The predicted octanol–water partition coefficient (Wildman–Crippen LogP) is -0.307. The van der Waals surface area contributed by atoms with Crippen molar-refractivity contribution < 1.29 is 14.0 Å². The number of likely N-dealkylation sites (N-methyl/N-ethyl adjacent to an activating group) is 1. The molecule has 1 heterocycles. The highest BCUT2D eigenvalue weighted by atomic mass is 19.1. The lowest BCUT2D eigenvalue weighted by Crippen LogP contribution is -2.37. The number of likely N-dealkylation sites (tertiary alicyclic amines) is 1. The van der Waals surface area contributed by atoms with Gasteiger partial charge in [-0.3, -0.25) is 18.9 Å². The maximum absolute atomic E-state index is 11.7. The first-order chi connectivity index (χ1) is 6.16. The highest BCUT2D eigenvalue weighted by Crippen LogP contribution is 2.09. The van der Waals surface area contributed by atoms with Gasteiger partial charge in [-0.1, -0.05) is 0 Å². The molecule has 13 heavy (non-hydrogen) atoms. The second-order valence-electron chi connectivity index (χ2n) is 3.04. The van der Waals surface area contributed by atoms with E-state index in [9.17, 15) is 14.0 Å². The molecule has 0 aromatic heterocycles. The van der Waals surface area contributed by atoms with E-state index in [2.05, 4.69) is 5.32 Å². The van der Waals surface area contributed by atoms with Crippen LogP contribution in [0.15, 0.2) is 0 Å². The van der Waals surface area contributed by atoms with Gasteiger partial charge in [-0.2, -0.15) is 0 Å². The summed E-state index contributed by atoms with van der Waals surface area (Å²) in [7, 11) is 1.46. The fourth-order valence-electron chi connectivity index (χ4n) is 1.26. The van der Waals surface area contributed by atoms with Crippen molar-refractivity contribution >= 4 is 11.8 Å². The van der Waals surface area contributed by atoms with Gasteiger partial charge in [0.25, 0.3) is 0 Å². The molecule has 0 bridgehead atoms. The van der Waals surface area contributed by atoms with Gasteiger partial charge in [0.05, 0.1) is 19.1 Å². The molecular formula is C8H13FN2O2. The lowest BCUT2D eigenvalue weighted by molar-refractivity contribution is -0.137. The van der Waals surface area contributed by atoms with Crippen LogP contribution in [0.25, 0.3) is 0 Å². The third-order valence-corrected chi connectivity index (χ3v) is 2.08. The number of nitrogens with zero attached hydrogens (tertiary/aromatic N) is 1. The van der Waals surface area contributed by atoms with Crippen molar-refractivity contribution in [2.75, 3.05) is 20.3 Å². The van der Waals surface area contributed by atoms with Crippen molar-refractivity contribution in [3.05, 3.63) is 0 Å². The molecule has 1 aliphatic rings. The van der Waals surface area contributed by atoms with Crippen LogP contribution in [0.2, 0.25) is 0 Å². The Bertz CT molecular complexity index is 220. The highest BCUT2D eigenvalue weighted by Gasteiger charge is 2.35. The van der Waals surface area contributed by atoms with Crippen LogP contribution >= 0.6 is 0 Å². The van der Waals surface area contributed by atoms with E-state index in [-0.39, 0.29) is 18.2 Å². The minimum atomic E-state index is -0.441. The van der Waals surface area contributed by atoms with Gasteiger partial charge in [-0.05, 0) is 13.0 Å². The zero-order chi connectivity index (χ0) is 9.84. The average molecular weight is 188 g/mol. The summed E-state index contributed by atoms with van der Waals surface area (Å²) < 4.78 is 11.7. The van der Waals surface area contributed by atoms with Crippen molar-refractivity contribution in [2.24, 2.45) is 0 Å². The third-order valence-electron chi connectivity index (χ3n) is 2.08. The number of alkyl halides is 1. The summed E-state index contributed by atoms with van der Waals surface area (Å²) >= 11 is 0. The van der Waals surface area contributed by atoms with E-state index in [1.165, 1.54) is 7.05 Å². The van der Waals surface area contributed by atoms with E-state index in [1.54, 1.807) is 0 Å². The van der Waals surface area contributed by atoms with Gasteiger partial charge in [-0.25, -0.2) is 0 Å². The highest BCUT2D eigenvalue weighted by molar-refractivity contribution is 6.05. The number of carbonyl (C=O) groups is 2. The monoisotopic (exact) mass is 188 g/mol. The number of nitrogens with one attached hydrogen (secondary N) is 1. The van der Waals surface area contributed by atoms with Gasteiger partial charge >= 0.3 is 0 Å². The molecule has 5 heteroatoms. The maximum Gasteiger partial charge on any atom is 0.246 e. The van der Waals surface area contributed by atoms with E-state index in [0.717, 1.165) is 4.90 Å². The summed E-state index contributed by atoms with van der Waals surface area (Å²) in [5.74, 6) is -0.397. The molecule has 0 radical (unpaired) electrons. The van der Waals surface area contributed by atoms with Gasteiger partial charge in [0.15, 0.2) is 0 Å². The van der Waals surface area contributed by atoms with Crippen molar-refractivity contribution in [1.82, 2.24) is 10.2 Å². The molecule has 2 amide bonds. The molecule has 0 aromatic carbocycles. The fourth-order valence-corrected chi connectivity index (χ4v) is 1.26. The molecule has 1 N–H and O–H groups in total. The molecule has 0 saturated carbocycles. The van der Waals surface area contributed by atoms with Crippen LogP contribution in [-0.2, 0) is 9.59 Å². The van der Waals surface area contributed by atoms with Gasteiger partial charge in [0, 0.05) is 7.05 Å². The molecule has 74 valence electrons. The maximum atomic E-state index is 11.7. The van der Waals surface area contributed by atoms with Crippen molar-refractivity contribution in [3.63, 3.8) is 0 Å². The smallest absolute Gasteiger partial charge is 0.246 e.